The first-order valence-electron chi connectivity index (χ1n) is 5.85. The number of nitrogens with zero attached hydrogens (tertiary/aromatic N) is 2. The van der Waals surface area contributed by atoms with Crippen molar-refractivity contribution >= 4 is 17.1 Å². The zero-order chi connectivity index (χ0) is 14.6. The smallest absolute Gasteiger partial charge is 0.273 e. The molecule has 0 fully saturated rings. The molecular formula is C12H20N4O3. The fraction of sp³-hybridized carbons (Fsp3) is 0.500. The van der Waals surface area contributed by atoms with Crippen LogP contribution in [0.1, 0.15) is 6.92 Å². The maximum Gasteiger partial charge on any atom is 0.273 e. The molecule has 0 aliphatic carbocycles. The predicted molar refractivity (Wildman–Crippen MR) is 75.2 cm³/mol. The summed E-state index contributed by atoms with van der Waals surface area (Å²) >= 11 is 0. The molecule has 19 heavy (non-hydrogen) atoms. The van der Waals surface area contributed by atoms with Gasteiger partial charge in [-0.25, -0.2) is 0 Å². The Morgan fingerprint density at radius 2 is 2.11 bits per heavy atom. The number of non-ortho nitro benzene ring substituents is 1. The highest BCUT2D eigenvalue weighted by Gasteiger charge is 2.21. The molecule has 7 heteroatoms. The molecule has 4 N–H and O–H groups in total. The lowest BCUT2D eigenvalue weighted by atomic mass is 10.1. The van der Waals surface area contributed by atoms with Gasteiger partial charge in [-0.3, -0.25) is 10.1 Å². The van der Waals surface area contributed by atoms with E-state index >= 15 is 0 Å². The second-order valence-corrected chi connectivity index (χ2v) is 5.16. The van der Waals surface area contributed by atoms with Crippen molar-refractivity contribution in [3.8, 4) is 0 Å². The number of nitro groups is 1. The first-order valence-corrected chi connectivity index (χ1v) is 5.85. The van der Waals surface area contributed by atoms with Crippen LogP contribution in [-0.4, -0.2) is 47.7 Å². The summed E-state index contributed by atoms with van der Waals surface area (Å²) in [6.45, 7) is 2.44. The monoisotopic (exact) mass is 268 g/mol. The Balaban J connectivity index is 2.75. The van der Waals surface area contributed by atoms with Gasteiger partial charge in [0.1, 0.15) is 0 Å². The van der Waals surface area contributed by atoms with E-state index in [1.807, 2.05) is 19.0 Å². The van der Waals surface area contributed by atoms with E-state index in [1.54, 1.807) is 13.0 Å². The summed E-state index contributed by atoms with van der Waals surface area (Å²) in [6, 6.07) is 4.28. The van der Waals surface area contributed by atoms with Gasteiger partial charge in [-0.2, -0.15) is 0 Å². The third-order valence-corrected chi connectivity index (χ3v) is 2.48. The van der Waals surface area contributed by atoms with Crippen LogP contribution < -0.4 is 11.1 Å². The molecule has 1 unspecified atom stereocenters. The van der Waals surface area contributed by atoms with Gasteiger partial charge in [0.15, 0.2) is 0 Å². The molecule has 0 aromatic heterocycles. The van der Waals surface area contributed by atoms with Crippen LogP contribution in [0.4, 0.5) is 17.1 Å². The van der Waals surface area contributed by atoms with Crippen molar-refractivity contribution in [3.05, 3.63) is 28.3 Å². The van der Waals surface area contributed by atoms with E-state index in [2.05, 4.69) is 5.32 Å². The number of likely N-dealkylation sites (N-methyl/N-ethyl adjacent to an activating group) is 1. The SMILES string of the molecule is CN(C)CC(C)(O)CNc1cc(N)cc([N+](=O)[O-])c1. The van der Waals surface area contributed by atoms with Gasteiger partial charge in [0.25, 0.3) is 5.69 Å². The third-order valence-electron chi connectivity index (χ3n) is 2.48. The second kappa shape index (κ2) is 5.85. The fourth-order valence-corrected chi connectivity index (χ4v) is 1.87. The number of aliphatic hydroxyl groups is 1. The average molecular weight is 268 g/mol. The number of nitrogens with two attached hydrogens (primary N) is 1. The quantitative estimate of drug-likeness (QED) is 0.402. The summed E-state index contributed by atoms with van der Waals surface area (Å²) in [5.41, 5.74) is 5.41. The third kappa shape index (κ3) is 5.11. The van der Waals surface area contributed by atoms with Crippen molar-refractivity contribution in [1.29, 1.82) is 0 Å². The van der Waals surface area contributed by atoms with Crippen molar-refractivity contribution in [2.24, 2.45) is 0 Å². The summed E-state index contributed by atoms with van der Waals surface area (Å²) in [4.78, 5) is 12.1. The lowest BCUT2D eigenvalue weighted by Gasteiger charge is -2.27. The summed E-state index contributed by atoms with van der Waals surface area (Å²) in [5, 5.41) is 23.8. The van der Waals surface area contributed by atoms with E-state index in [1.165, 1.54) is 12.1 Å². The zero-order valence-electron chi connectivity index (χ0n) is 11.4. The minimum Gasteiger partial charge on any atom is -0.398 e. The highest BCUT2D eigenvalue weighted by molar-refractivity contribution is 5.61. The van der Waals surface area contributed by atoms with Crippen molar-refractivity contribution in [3.63, 3.8) is 0 Å². The van der Waals surface area contributed by atoms with Crippen LogP contribution in [-0.2, 0) is 0 Å². The minimum absolute atomic E-state index is 0.0743. The van der Waals surface area contributed by atoms with Crippen LogP contribution >= 0.6 is 0 Å². The maximum absolute atomic E-state index is 10.7. The number of hydrogen-bond donors (Lipinski definition) is 3. The lowest BCUT2D eigenvalue weighted by molar-refractivity contribution is -0.384. The molecule has 0 bridgehead atoms. The van der Waals surface area contributed by atoms with Crippen LogP contribution in [0.2, 0.25) is 0 Å². The van der Waals surface area contributed by atoms with E-state index in [0.717, 1.165) is 0 Å². The highest BCUT2D eigenvalue weighted by atomic mass is 16.6. The minimum atomic E-state index is -0.942. The molecule has 0 amide bonds. The number of benzene rings is 1. The molecule has 0 saturated heterocycles. The van der Waals surface area contributed by atoms with Gasteiger partial charge in [-0.1, -0.05) is 0 Å². The van der Waals surface area contributed by atoms with Gasteiger partial charge in [0.2, 0.25) is 0 Å². The maximum atomic E-state index is 10.7. The zero-order valence-corrected chi connectivity index (χ0v) is 11.4. The summed E-state index contributed by atoms with van der Waals surface area (Å²) < 4.78 is 0. The Hall–Kier alpha value is -1.86. The Morgan fingerprint density at radius 3 is 2.63 bits per heavy atom. The molecule has 0 radical (unpaired) electrons. The van der Waals surface area contributed by atoms with E-state index < -0.39 is 10.5 Å². The Kier molecular flexibility index (Phi) is 4.68. The lowest BCUT2D eigenvalue weighted by Crippen LogP contribution is -2.43. The van der Waals surface area contributed by atoms with Gasteiger partial charge < -0.3 is 21.1 Å². The van der Waals surface area contributed by atoms with Crippen molar-refractivity contribution < 1.29 is 10.0 Å². The van der Waals surface area contributed by atoms with Gasteiger partial charge >= 0.3 is 0 Å². The van der Waals surface area contributed by atoms with E-state index in [0.29, 0.717) is 17.9 Å². The van der Waals surface area contributed by atoms with E-state index in [9.17, 15) is 15.2 Å². The molecule has 7 nitrogen and oxygen atoms in total. The first kappa shape index (κ1) is 15.2. The summed E-state index contributed by atoms with van der Waals surface area (Å²) in [7, 11) is 3.72. The van der Waals surface area contributed by atoms with Crippen molar-refractivity contribution in [2.45, 2.75) is 12.5 Å². The summed E-state index contributed by atoms with van der Waals surface area (Å²) in [6.07, 6.45) is 0. The Bertz CT molecular complexity index is 460. The molecule has 1 aromatic carbocycles. The van der Waals surface area contributed by atoms with E-state index in [4.69, 9.17) is 5.73 Å². The predicted octanol–water partition coefficient (Wildman–Crippen LogP) is 0.901. The van der Waals surface area contributed by atoms with E-state index in [-0.39, 0.29) is 12.2 Å². The topological polar surface area (TPSA) is 105 Å². The molecular weight excluding hydrogens is 248 g/mol. The Morgan fingerprint density at radius 1 is 1.47 bits per heavy atom. The number of rotatable bonds is 6. The number of nitro benzene ring substituents is 1. The van der Waals surface area contributed by atoms with Gasteiger partial charge in [-0.15, -0.1) is 0 Å². The van der Waals surface area contributed by atoms with Gasteiger partial charge in [-0.05, 0) is 27.1 Å². The number of nitrogens with one attached hydrogen (secondary N) is 1. The molecule has 1 rings (SSSR count). The fourth-order valence-electron chi connectivity index (χ4n) is 1.87. The molecule has 1 atom stereocenters. The van der Waals surface area contributed by atoms with Crippen molar-refractivity contribution in [1.82, 2.24) is 4.90 Å². The van der Waals surface area contributed by atoms with Crippen LogP contribution in [0.5, 0.6) is 0 Å². The van der Waals surface area contributed by atoms with Crippen LogP contribution in [0, 0.1) is 10.1 Å². The average Bonchev–Trinajstić information content (AvgIpc) is 2.24. The Labute approximate surface area is 112 Å². The van der Waals surface area contributed by atoms with Crippen LogP contribution in [0.25, 0.3) is 0 Å². The van der Waals surface area contributed by atoms with Gasteiger partial charge in [0.05, 0.1) is 10.5 Å². The molecule has 0 aliphatic heterocycles. The largest absolute Gasteiger partial charge is 0.398 e. The first-order chi connectivity index (χ1) is 8.69. The van der Waals surface area contributed by atoms with Crippen molar-refractivity contribution in [2.75, 3.05) is 38.2 Å². The molecule has 0 heterocycles. The summed E-state index contributed by atoms with van der Waals surface area (Å²) in [5.74, 6) is 0. The normalized spacial score (nSPS) is 14.2. The molecule has 0 aliphatic rings. The van der Waals surface area contributed by atoms with Crippen LogP contribution in [0.3, 0.4) is 0 Å². The highest BCUT2D eigenvalue weighted by Crippen LogP contribution is 2.22. The number of anilines is 2. The number of nitrogen functional groups attached to an aromatic ring is 1. The molecule has 1 aromatic rings. The van der Waals surface area contributed by atoms with Gasteiger partial charge in [0, 0.05) is 36.6 Å². The van der Waals surface area contributed by atoms with Crippen LogP contribution in [0.15, 0.2) is 18.2 Å². The second-order valence-electron chi connectivity index (χ2n) is 5.16. The molecule has 0 spiro atoms. The molecule has 106 valence electrons. The number of hydrogen-bond acceptors (Lipinski definition) is 6. The standard InChI is InChI=1S/C12H20N4O3/c1-12(17,8-15(2)3)7-14-10-4-9(13)5-11(6-10)16(18)19/h4-6,14,17H,7-8,13H2,1-3H3. The molecule has 0 saturated carbocycles.